The van der Waals surface area contributed by atoms with Crippen LogP contribution >= 0.6 is 21.6 Å². The molecule has 0 saturated carbocycles. The molecule has 2 heterocycles. The standard InChI is InChI=1S/C8H9NO2S2.C4H5NO2/c10-8(11)4-6-12-13-7-3-1-2-5-9-7;6-3-1-2-4(7)5-3/h1-3,5H,4,6H2,(H,10,11);1-2H2,(H,5,6,7). The van der Waals surface area contributed by atoms with E-state index in [-0.39, 0.29) is 18.2 Å². The minimum atomic E-state index is -0.755. The van der Waals surface area contributed by atoms with Gasteiger partial charge < -0.3 is 5.11 Å². The van der Waals surface area contributed by atoms with Gasteiger partial charge in [0.2, 0.25) is 11.8 Å². The lowest BCUT2D eigenvalue weighted by Crippen LogP contribution is -2.18. The molecule has 8 heteroatoms. The Morgan fingerprint density at radius 2 is 2.00 bits per heavy atom. The van der Waals surface area contributed by atoms with Crippen LogP contribution in [0.4, 0.5) is 0 Å². The number of imide groups is 1. The maximum absolute atomic E-state index is 10.2. The largest absolute Gasteiger partial charge is 0.481 e. The summed E-state index contributed by atoms with van der Waals surface area (Å²) in [5.74, 6) is -0.444. The molecule has 108 valence electrons. The summed E-state index contributed by atoms with van der Waals surface area (Å²) in [4.78, 5) is 34.5. The lowest BCUT2D eigenvalue weighted by molar-refractivity contribution is -0.136. The number of hydrogen-bond acceptors (Lipinski definition) is 6. The van der Waals surface area contributed by atoms with E-state index in [2.05, 4.69) is 10.3 Å². The Hall–Kier alpha value is -1.54. The van der Waals surface area contributed by atoms with Crippen molar-refractivity contribution in [2.24, 2.45) is 0 Å². The molecule has 0 unspecified atom stereocenters. The van der Waals surface area contributed by atoms with E-state index in [1.54, 1.807) is 6.20 Å². The van der Waals surface area contributed by atoms with E-state index >= 15 is 0 Å². The molecule has 20 heavy (non-hydrogen) atoms. The number of carboxylic acid groups (broad SMARTS) is 1. The van der Waals surface area contributed by atoms with E-state index in [1.807, 2.05) is 18.2 Å². The summed E-state index contributed by atoms with van der Waals surface area (Å²) >= 11 is 0. The summed E-state index contributed by atoms with van der Waals surface area (Å²) < 4.78 is 0. The Kier molecular flexibility index (Phi) is 7.74. The van der Waals surface area contributed by atoms with E-state index in [4.69, 9.17) is 5.11 Å². The zero-order valence-corrected chi connectivity index (χ0v) is 12.2. The van der Waals surface area contributed by atoms with Crippen molar-refractivity contribution in [3.8, 4) is 0 Å². The summed E-state index contributed by atoms with van der Waals surface area (Å²) in [5.41, 5.74) is 0. The average molecular weight is 314 g/mol. The number of carbonyl (C=O) groups is 3. The smallest absolute Gasteiger partial charge is 0.304 e. The van der Waals surface area contributed by atoms with Gasteiger partial charge in [-0.2, -0.15) is 0 Å². The third-order valence-electron chi connectivity index (χ3n) is 2.04. The molecule has 1 aliphatic heterocycles. The summed E-state index contributed by atoms with van der Waals surface area (Å²) in [6.07, 6.45) is 2.67. The van der Waals surface area contributed by atoms with Crippen LogP contribution in [0.15, 0.2) is 29.4 Å². The van der Waals surface area contributed by atoms with Gasteiger partial charge in [-0.15, -0.1) is 0 Å². The highest BCUT2D eigenvalue weighted by Gasteiger charge is 2.15. The molecule has 0 spiro atoms. The molecule has 2 N–H and O–H groups in total. The van der Waals surface area contributed by atoms with Crippen molar-refractivity contribution in [1.82, 2.24) is 10.3 Å². The molecule has 0 aliphatic carbocycles. The third-order valence-corrected chi connectivity index (χ3v) is 4.31. The number of amides is 2. The Morgan fingerprint density at radius 3 is 2.45 bits per heavy atom. The summed E-state index contributed by atoms with van der Waals surface area (Å²) in [6, 6.07) is 5.66. The fraction of sp³-hybridized carbons (Fsp3) is 0.333. The van der Waals surface area contributed by atoms with Gasteiger partial charge >= 0.3 is 5.97 Å². The number of hydrogen-bond donors (Lipinski definition) is 2. The van der Waals surface area contributed by atoms with Crippen molar-refractivity contribution in [3.05, 3.63) is 24.4 Å². The van der Waals surface area contributed by atoms with E-state index < -0.39 is 5.97 Å². The van der Waals surface area contributed by atoms with E-state index in [0.29, 0.717) is 18.6 Å². The molecule has 1 aliphatic rings. The molecule has 0 radical (unpaired) electrons. The number of nitrogens with zero attached hydrogens (tertiary/aromatic N) is 1. The minimum Gasteiger partial charge on any atom is -0.481 e. The van der Waals surface area contributed by atoms with Gasteiger partial charge in [0, 0.05) is 24.8 Å². The number of rotatable bonds is 5. The predicted molar refractivity (Wildman–Crippen MR) is 77.2 cm³/mol. The number of aromatic nitrogens is 1. The SMILES string of the molecule is O=C(O)CCSSc1ccccn1.O=C1CCC(=O)N1. The highest BCUT2D eigenvalue weighted by atomic mass is 33.1. The van der Waals surface area contributed by atoms with Crippen LogP contribution in [0.5, 0.6) is 0 Å². The average Bonchev–Trinajstić information content (AvgIpc) is 2.80. The van der Waals surface area contributed by atoms with Crippen LogP contribution in [0.1, 0.15) is 19.3 Å². The van der Waals surface area contributed by atoms with Gasteiger partial charge in [-0.25, -0.2) is 4.98 Å². The van der Waals surface area contributed by atoms with E-state index in [0.717, 1.165) is 5.03 Å². The maximum atomic E-state index is 10.2. The summed E-state index contributed by atoms with van der Waals surface area (Å²) in [7, 11) is 3.01. The first-order valence-corrected chi connectivity index (χ1v) is 8.15. The Balaban J connectivity index is 0.000000240. The Bertz CT molecular complexity index is 454. The van der Waals surface area contributed by atoms with Gasteiger partial charge in [-0.3, -0.25) is 19.7 Å². The molecule has 6 nitrogen and oxygen atoms in total. The maximum Gasteiger partial charge on any atom is 0.304 e. The highest BCUT2D eigenvalue weighted by molar-refractivity contribution is 8.76. The van der Waals surface area contributed by atoms with Crippen LogP contribution in [0.3, 0.4) is 0 Å². The quantitative estimate of drug-likeness (QED) is 0.485. The van der Waals surface area contributed by atoms with Gasteiger partial charge in [0.15, 0.2) is 0 Å². The van der Waals surface area contributed by atoms with Crippen LogP contribution in [0, 0.1) is 0 Å². The molecule has 0 aromatic carbocycles. The van der Waals surface area contributed by atoms with Crippen LogP contribution in [0.2, 0.25) is 0 Å². The fourth-order valence-electron chi connectivity index (χ4n) is 1.13. The van der Waals surface area contributed by atoms with Crippen molar-refractivity contribution in [2.75, 3.05) is 5.75 Å². The molecule has 1 fully saturated rings. The normalized spacial score (nSPS) is 13.4. The predicted octanol–water partition coefficient (Wildman–Crippen LogP) is 1.72. The lowest BCUT2D eigenvalue weighted by Gasteiger charge is -1.97. The first-order chi connectivity index (χ1) is 9.58. The van der Waals surface area contributed by atoms with Crippen molar-refractivity contribution in [3.63, 3.8) is 0 Å². The molecule has 2 amide bonds. The van der Waals surface area contributed by atoms with Crippen LogP contribution in [0.25, 0.3) is 0 Å². The van der Waals surface area contributed by atoms with Crippen molar-refractivity contribution in [1.29, 1.82) is 0 Å². The number of carboxylic acids is 1. The number of aliphatic carboxylic acids is 1. The van der Waals surface area contributed by atoms with Crippen LogP contribution in [-0.4, -0.2) is 33.6 Å². The second kappa shape index (κ2) is 9.38. The molecule has 2 rings (SSSR count). The van der Waals surface area contributed by atoms with E-state index in [9.17, 15) is 14.4 Å². The van der Waals surface area contributed by atoms with Crippen LogP contribution < -0.4 is 5.32 Å². The van der Waals surface area contributed by atoms with Crippen molar-refractivity contribution < 1.29 is 19.5 Å². The second-order valence-electron chi connectivity index (χ2n) is 3.69. The zero-order chi connectivity index (χ0) is 14.8. The summed E-state index contributed by atoms with van der Waals surface area (Å²) in [6.45, 7) is 0. The van der Waals surface area contributed by atoms with Crippen molar-refractivity contribution in [2.45, 2.75) is 24.3 Å². The van der Waals surface area contributed by atoms with Gasteiger partial charge in [-0.05, 0) is 22.9 Å². The number of pyridine rings is 1. The molecular weight excluding hydrogens is 300 g/mol. The molecule has 1 aromatic heterocycles. The molecule has 0 bridgehead atoms. The monoisotopic (exact) mass is 314 g/mol. The highest BCUT2D eigenvalue weighted by Crippen LogP contribution is 2.29. The molecular formula is C12H14N2O4S2. The summed E-state index contributed by atoms with van der Waals surface area (Å²) in [5, 5.41) is 11.4. The Morgan fingerprint density at radius 1 is 1.30 bits per heavy atom. The van der Waals surface area contributed by atoms with E-state index in [1.165, 1.54) is 21.6 Å². The number of carbonyl (C=O) groups excluding carboxylic acids is 2. The van der Waals surface area contributed by atoms with Crippen molar-refractivity contribution >= 4 is 39.4 Å². The fourth-order valence-corrected chi connectivity index (χ4v) is 2.99. The third kappa shape index (κ3) is 7.80. The number of nitrogens with one attached hydrogen (secondary N) is 1. The molecule has 1 saturated heterocycles. The van der Waals surface area contributed by atoms with Gasteiger partial charge in [0.25, 0.3) is 0 Å². The molecule has 1 aromatic rings. The van der Waals surface area contributed by atoms with Crippen LogP contribution in [-0.2, 0) is 14.4 Å². The van der Waals surface area contributed by atoms with Gasteiger partial charge in [0.1, 0.15) is 5.03 Å². The van der Waals surface area contributed by atoms with Gasteiger partial charge in [0.05, 0.1) is 6.42 Å². The van der Waals surface area contributed by atoms with Gasteiger partial charge in [-0.1, -0.05) is 16.9 Å². The first-order valence-electron chi connectivity index (χ1n) is 5.83. The topological polar surface area (TPSA) is 96.4 Å². The second-order valence-corrected chi connectivity index (χ2v) is 6.12. The Labute approximate surface area is 124 Å². The molecule has 0 atom stereocenters. The minimum absolute atomic E-state index is 0.148. The lowest BCUT2D eigenvalue weighted by atomic mass is 10.4. The first kappa shape index (κ1) is 16.5. The zero-order valence-electron chi connectivity index (χ0n) is 10.6.